The summed E-state index contributed by atoms with van der Waals surface area (Å²) in [6, 6.07) is 0. The van der Waals surface area contributed by atoms with Gasteiger partial charge in [0.2, 0.25) is 0 Å². The van der Waals surface area contributed by atoms with Gasteiger partial charge >= 0.3 is 12.1 Å². The summed E-state index contributed by atoms with van der Waals surface area (Å²) in [4.78, 5) is 24.3. The second-order valence-electron chi connectivity index (χ2n) is 4.98. The summed E-state index contributed by atoms with van der Waals surface area (Å²) < 4.78 is 5.15. The maximum atomic E-state index is 11.8. The molecule has 1 aromatic rings. The Balaban J connectivity index is 2.02. The minimum Gasteiger partial charge on any atom is -0.476 e. The number of carbonyl (C=O) groups is 2. The number of carboxylic acids is 1. The maximum absolute atomic E-state index is 11.8. The molecule has 1 aliphatic rings. The Morgan fingerprint density at radius 1 is 1.53 bits per heavy atom. The van der Waals surface area contributed by atoms with E-state index in [0.29, 0.717) is 37.4 Å². The summed E-state index contributed by atoms with van der Waals surface area (Å²) in [5.41, 5.74) is 1.40. The van der Waals surface area contributed by atoms with Crippen LogP contribution in [-0.2, 0) is 17.7 Å². The maximum Gasteiger partial charge on any atom is 0.410 e. The number of amides is 1. The summed E-state index contributed by atoms with van der Waals surface area (Å²) in [7, 11) is 0. The van der Waals surface area contributed by atoms with Crippen LogP contribution in [0.4, 0.5) is 4.79 Å². The topological polar surface area (TPSA) is 95.5 Å². The van der Waals surface area contributed by atoms with Crippen LogP contribution < -0.4 is 0 Å². The number of hydrogen-bond acceptors (Lipinski definition) is 4. The zero-order chi connectivity index (χ0) is 14.0. The van der Waals surface area contributed by atoms with Gasteiger partial charge in [0, 0.05) is 12.1 Å². The normalized spacial score (nSPS) is 14.4. The van der Waals surface area contributed by atoms with Crippen LogP contribution in [0, 0.1) is 5.92 Å². The average molecular weight is 267 g/mol. The van der Waals surface area contributed by atoms with Gasteiger partial charge in [-0.05, 0) is 12.3 Å². The number of aromatic amines is 1. The molecule has 0 saturated heterocycles. The molecule has 2 rings (SSSR count). The second-order valence-corrected chi connectivity index (χ2v) is 4.98. The first-order valence-corrected chi connectivity index (χ1v) is 6.20. The Kier molecular flexibility index (Phi) is 3.73. The fourth-order valence-electron chi connectivity index (χ4n) is 1.98. The number of aromatic nitrogens is 2. The largest absolute Gasteiger partial charge is 0.476 e. The van der Waals surface area contributed by atoms with Crippen LogP contribution in [0.25, 0.3) is 0 Å². The first-order valence-electron chi connectivity index (χ1n) is 6.20. The Morgan fingerprint density at radius 2 is 2.26 bits per heavy atom. The molecule has 7 nitrogen and oxygen atoms in total. The molecule has 1 aliphatic heterocycles. The molecule has 0 aliphatic carbocycles. The summed E-state index contributed by atoms with van der Waals surface area (Å²) in [6.45, 7) is 5.08. The van der Waals surface area contributed by atoms with Gasteiger partial charge in [-0.3, -0.25) is 5.10 Å². The van der Waals surface area contributed by atoms with E-state index in [0.717, 1.165) is 0 Å². The Labute approximate surface area is 110 Å². The molecule has 0 saturated carbocycles. The van der Waals surface area contributed by atoms with Crippen molar-refractivity contribution in [1.29, 1.82) is 0 Å². The van der Waals surface area contributed by atoms with E-state index in [2.05, 4.69) is 10.2 Å². The van der Waals surface area contributed by atoms with E-state index < -0.39 is 5.97 Å². The highest BCUT2D eigenvalue weighted by atomic mass is 16.6. The third kappa shape index (κ3) is 2.86. The molecule has 0 spiro atoms. The number of hydrogen-bond donors (Lipinski definition) is 2. The molecule has 0 unspecified atom stereocenters. The molecule has 0 atom stereocenters. The molecule has 2 heterocycles. The van der Waals surface area contributed by atoms with Gasteiger partial charge < -0.3 is 14.7 Å². The van der Waals surface area contributed by atoms with Crippen molar-refractivity contribution in [2.45, 2.75) is 26.8 Å². The van der Waals surface area contributed by atoms with Crippen molar-refractivity contribution in [3.8, 4) is 0 Å². The number of nitrogens with zero attached hydrogens (tertiary/aromatic N) is 2. The third-order valence-electron chi connectivity index (χ3n) is 2.93. The molecule has 0 aromatic carbocycles. The van der Waals surface area contributed by atoms with Crippen LogP contribution in [0.2, 0.25) is 0 Å². The lowest BCUT2D eigenvalue weighted by Gasteiger charge is -2.26. The minimum absolute atomic E-state index is 0.0465. The van der Waals surface area contributed by atoms with Gasteiger partial charge in [-0.2, -0.15) is 5.10 Å². The fraction of sp³-hybridized carbons (Fsp3) is 0.583. The quantitative estimate of drug-likeness (QED) is 0.859. The third-order valence-corrected chi connectivity index (χ3v) is 2.93. The Hall–Kier alpha value is -2.05. The van der Waals surface area contributed by atoms with E-state index in [9.17, 15) is 9.59 Å². The second kappa shape index (κ2) is 5.29. The summed E-state index contributed by atoms with van der Waals surface area (Å²) >= 11 is 0. The van der Waals surface area contributed by atoms with E-state index in [1.807, 2.05) is 13.8 Å². The molecule has 104 valence electrons. The van der Waals surface area contributed by atoms with Crippen molar-refractivity contribution in [3.05, 3.63) is 17.0 Å². The number of carbonyl (C=O) groups excluding carboxylic acids is 1. The standard InChI is InChI=1S/C12H17N3O4/c1-7(2)6-19-12(18)15-4-3-8-9(5-15)13-14-10(8)11(16)17/h7H,3-6H2,1-2H3,(H,13,14)(H,16,17). The van der Waals surface area contributed by atoms with Crippen LogP contribution in [0.1, 0.15) is 35.6 Å². The number of rotatable bonds is 3. The molecule has 1 amide bonds. The van der Waals surface area contributed by atoms with Crippen molar-refractivity contribution >= 4 is 12.1 Å². The number of fused-ring (bicyclic) bond motifs is 1. The van der Waals surface area contributed by atoms with Gasteiger partial charge in [-0.15, -0.1) is 0 Å². The van der Waals surface area contributed by atoms with Gasteiger partial charge in [0.25, 0.3) is 0 Å². The van der Waals surface area contributed by atoms with Gasteiger partial charge in [-0.1, -0.05) is 13.8 Å². The highest BCUT2D eigenvalue weighted by molar-refractivity contribution is 5.87. The van der Waals surface area contributed by atoms with E-state index in [1.54, 1.807) is 4.90 Å². The van der Waals surface area contributed by atoms with Crippen molar-refractivity contribution in [2.75, 3.05) is 13.2 Å². The average Bonchev–Trinajstić information content (AvgIpc) is 2.78. The monoisotopic (exact) mass is 267 g/mol. The summed E-state index contributed by atoms with van der Waals surface area (Å²) in [5.74, 6) is -0.761. The number of ether oxygens (including phenoxy) is 1. The SMILES string of the molecule is CC(C)COC(=O)N1CCc2c(C(=O)O)n[nH]c2C1. The lowest BCUT2D eigenvalue weighted by atomic mass is 10.1. The lowest BCUT2D eigenvalue weighted by Crippen LogP contribution is -2.37. The molecule has 2 N–H and O–H groups in total. The van der Waals surface area contributed by atoms with E-state index in [4.69, 9.17) is 9.84 Å². The molecule has 7 heteroatoms. The lowest BCUT2D eigenvalue weighted by molar-refractivity contribution is 0.0688. The van der Waals surface area contributed by atoms with Gasteiger partial charge in [0.15, 0.2) is 5.69 Å². The van der Waals surface area contributed by atoms with Crippen molar-refractivity contribution < 1.29 is 19.4 Å². The smallest absolute Gasteiger partial charge is 0.410 e. The van der Waals surface area contributed by atoms with E-state index in [1.165, 1.54) is 0 Å². The number of carboxylic acid groups (broad SMARTS) is 1. The number of H-pyrrole nitrogens is 1. The van der Waals surface area contributed by atoms with Gasteiger partial charge in [-0.25, -0.2) is 9.59 Å². The predicted octanol–water partition coefficient (Wildman–Crippen LogP) is 1.26. The van der Waals surface area contributed by atoms with Crippen LogP contribution >= 0.6 is 0 Å². The van der Waals surface area contributed by atoms with Crippen LogP contribution in [-0.4, -0.2) is 45.4 Å². The fourth-order valence-corrected chi connectivity index (χ4v) is 1.98. The minimum atomic E-state index is -1.05. The van der Waals surface area contributed by atoms with Crippen LogP contribution in [0.15, 0.2) is 0 Å². The number of aromatic carboxylic acids is 1. The van der Waals surface area contributed by atoms with Crippen molar-refractivity contribution in [2.24, 2.45) is 5.92 Å². The van der Waals surface area contributed by atoms with E-state index in [-0.39, 0.29) is 17.7 Å². The summed E-state index contributed by atoms with van der Waals surface area (Å²) in [5, 5.41) is 15.4. The van der Waals surface area contributed by atoms with E-state index >= 15 is 0 Å². The zero-order valence-electron chi connectivity index (χ0n) is 11.0. The molecule has 19 heavy (non-hydrogen) atoms. The molecule has 1 aromatic heterocycles. The molecule has 0 fully saturated rings. The number of nitrogens with one attached hydrogen (secondary N) is 1. The van der Waals surface area contributed by atoms with Gasteiger partial charge in [0.1, 0.15) is 0 Å². The predicted molar refractivity (Wildman–Crippen MR) is 65.8 cm³/mol. The Morgan fingerprint density at radius 3 is 2.89 bits per heavy atom. The Bertz CT molecular complexity index is 495. The highest BCUT2D eigenvalue weighted by Gasteiger charge is 2.27. The first kappa shape index (κ1) is 13.4. The molecular formula is C12H17N3O4. The molecular weight excluding hydrogens is 250 g/mol. The van der Waals surface area contributed by atoms with Crippen molar-refractivity contribution in [1.82, 2.24) is 15.1 Å². The van der Waals surface area contributed by atoms with Crippen LogP contribution in [0.5, 0.6) is 0 Å². The highest BCUT2D eigenvalue weighted by Crippen LogP contribution is 2.20. The van der Waals surface area contributed by atoms with Crippen molar-refractivity contribution in [3.63, 3.8) is 0 Å². The first-order chi connectivity index (χ1) is 8.99. The van der Waals surface area contributed by atoms with Gasteiger partial charge in [0.05, 0.1) is 18.8 Å². The zero-order valence-corrected chi connectivity index (χ0v) is 11.0. The summed E-state index contributed by atoms with van der Waals surface area (Å²) in [6.07, 6.45) is 0.107. The van der Waals surface area contributed by atoms with Crippen LogP contribution in [0.3, 0.4) is 0 Å². The molecule has 0 radical (unpaired) electrons. The molecule has 0 bridgehead atoms.